The summed E-state index contributed by atoms with van der Waals surface area (Å²) in [5, 5.41) is 16.8. The number of amides is 1. The van der Waals surface area contributed by atoms with Crippen molar-refractivity contribution in [2.75, 3.05) is 13.1 Å². The summed E-state index contributed by atoms with van der Waals surface area (Å²) in [5.74, 6) is -0.431. The topological polar surface area (TPSA) is 121 Å². The van der Waals surface area contributed by atoms with Gasteiger partial charge >= 0.3 is 0 Å². The number of nitrogens with one attached hydrogen (secondary N) is 1. The molecule has 0 heterocycles. The van der Waals surface area contributed by atoms with E-state index >= 15 is 0 Å². The van der Waals surface area contributed by atoms with Crippen molar-refractivity contribution >= 4 is 23.2 Å². The minimum atomic E-state index is -0.609. The van der Waals surface area contributed by atoms with Gasteiger partial charge in [-0.25, -0.2) is 0 Å². The molecule has 0 aliphatic rings. The van der Waals surface area contributed by atoms with Gasteiger partial charge in [0.25, 0.3) is 11.6 Å². The van der Waals surface area contributed by atoms with Crippen LogP contribution in [0, 0.1) is 10.1 Å². The van der Waals surface area contributed by atoms with E-state index in [2.05, 4.69) is 15.3 Å². The molecule has 20 heavy (non-hydrogen) atoms. The summed E-state index contributed by atoms with van der Waals surface area (Å²) < 4.78 is 0. The van der Waals surface area contributed by atoms with Crippen LogP contribution in [0.1, 0.15) is 23.2 Å². The Hall–Kier alpha value is -2.31. The predicted molar refractivity (Wildman–Crippen MR) is 73.7 cm³/mol. The fraction of sp³-hybridized carbons (Fsp3) is 0.364. The number of nitrogens with zero attached hydrogens (tertiary/aromatic N) is 4. The summed E-state index contributed by atoms with van der Waals surface area (Å²) in [7, 11) is 0. The van der Waals surface area contributed by atoms with Gasteiger partial charge in [0, 0.05) is 40.7 Å². The van der Waals surface area contributed by atoms with E-state index < -0.39 is 10.8 Å². The van der Waals surface area contributed by atoms with Crippen molar-refractivity contribution in [3.63, 3.8) is 0 Å². The molecule has 0 radical (unpaired) electrons. The number of unbranched alkanes of at least 4 members (excludes halogenated alkanes) is 1. The first-order chi connectivity index (χ1) is 9.54. The lowest BCUT2D eigenvalue weighted by atomic mass is 10.2. The Kier molecular flexibility index (Phi) is 6.28. The normalized spacial score (nSPS) is 9.65. The maximum absolute atomic E-state index is 11.8. The number of carbonyl (C=O) groups excluding carboxylic acids is 1. The first-order valence-corrected chi connectivity index (χ1v) is 6.16. The summed E-state index contributed by atoms with van der Waals surface area (Å²) >= 11 is 5.73. The highest BCUT2D eigenvalue weighted by molar-refractivity contribution is 6.31. The smallest absolute Gasteiger partial charge is 0.271 e. The number of carbonyl (C=O) groups is 1. The second kappa shape index (κ2) is 7.98. The zero-order valence-corrected chi connectivity index (χ0v) is 11.2. The van der Waals surface area contributed by atoms with Gasteiger partial charge in [0.15, 0.2) is 0 Å². The lowest BCUT2D eigenvalue weighted by Crippen LogP contribution is -2.24. The lowest BCUT2D eigenvalue weighted by molar-refractivity contribution is -0.384. The fourth-order valence-electron chi connectivity index (χ4n) is 1.47. The second-order valence-electron chi connectivity index (χ2n) is 3.87. The van der Waals surface area contributed by atoms with E-state index in [1.54, 1.807) is 0 Å². The van der Waals surface area contributed by atoms with Crippen LogP contribution in [0.3, 0.4) is 0 Å². The standard InChI is InChI=1S/C11H12ClN5O3/c12-9-5-8(6-10(7-9)17(19)20)11(18)14-3-1-2-4-15-16-13/h5-7H,1-4H2,(H,14,18). The lowest BCUT2D eigenvalue weighted by Gasteiger charge is -2.05. The van der Waals surface area contributed by atoms with Crippen molar-refractivity contribution in [2.45, 2.75) is 12.8 Å². The summed E-state index contributed by atoms with van der Waals surface area (Å²) in [6.45, 7) is 0.759. The van der Waals surface area contributed by atoms with Gasteiger partial charge in [-0.05, 0) is 24.4 Å². The van der Waals surface area contributed by atoms with Crippen LogP contribution in [-0.2, 0) is 0 Å². The van der Waals surface area contributed by atoms with Crippen molar-refractivity contribution in [2.24, 2.45) is 5.11 Å². The average Bonchev–Trinajstić information content (AvgIpc) is 2.41. The number of rotatable bonds is 7. The largest absolute Gasteiger partial charge is 0.352 e. The van der Waals surface area contributed by atoms with Gasteiger partial charge in [0.05, 0.1) is 4.92 Å². The third-order valence-corrected chi connectivity index (χ3v) is 2.61. The molecule has 0 saturated heterocycles. The average molecular weight is 298 g/mol. The molecule has 0 atom stereocenters. The van der Waals surface area contributed by atoms with E-state index in [1.807, 2.05) is 0 Å². The van der Waals surface area contributed by atoms with Gasteiger partial charge in [-0.3, -0.25) is 14.9 Å². The van der Waals surface area contributed by atoms with E-state index in [4.69, 9.17) is 17.1 Å². The molecule has 9 heteroatoms. The highest BCUT2D eigenvalue weighted by Crippen LogP contribution is 2.20. The van der Waals surface area contributed by atoms with Crippen LogP contribution >= 0.6 is 11.6 Å². The molecule has 1 amide bonds. The molecule has 0 saturated carbocycles. The van der Waals surface area contributed by atoms with E-state index in [9.17, 15) is 14.9 Å². The van der Waals surface area contributed by atoms with Crippen LogP contribution in [0.15, 0.2) is 23.3 Å². The zero-order chi connectivity index (χ0) is 15.0. The minimum Gasteiger partial charge on any atom is -0.352 e. The zero-order valence-electron chi connectivity index (χ0n) is 10.5. The Morgan fingerprint density at radius 1 is 1.45 bits per heavy atom. The van der Waals surface area contributed by atoms with Gasteiger partial charge in [0.2, 0.25) is 0 Å². The molecular weight excluding hydrogens is 286 g/mol. The van der Waals surface area contributed by atoms with Gasteiger partial charge in [-0.15, -0.1) is 0 Å². The number of benzene rings is 1. The number of nitro benzene ring substituents is 1. The highest BCUT2D eigenvalue weighted by Gasteiger charge is 2.13. The van der Waals surface area contributed by atoms with Crippen LogP contribution in [0.2, 0.25) is 5.02 Å². The van der Waals surface area contributed by atoms with Crippen molar-refractivity contribution in [3.05, 3.63) is 49.3 Å². The van der Waals surface area contributed by atoms with Gasteiger partial charge < -0.3 is 5.32 Å². The van der Waals surface area contributed by atoms with Crippen molar-refractivity contribution < 1.29 is 9.72 Å². The molecule has 0 fully saturated rings. The molecule has 1 aromatic carbocycles. The van der Waals surface area contributed by atoms with Crippen molar-refractivity contribution in [3.8, 4) is 0 Å². The molecule has 0 spiro atoms. The van der Waals surface area contributed by atoms with Crippen molar-refractivity contribution in [1.82, 2.24) is 5.32 Å². The van der Waals surface area contributed by atoms with Crippen LogP contribution in [-0.4, -0.2) is 23.9 Å². The quantitative estimate of drug-likeness (QED) is 0.208. The number of non-ortho nitro benzene ring substituents is 1. The second-order valence-corrected chi connectivity index (χ2v) is 4.31. The fourth-order valence-corrected chi connectivity index (χ4v) is 1.70. The maximum Gasteiger partial charge on any atom is 0.271 e. The molecule has 0 aliphatic heterocycles. The predicted octanol–water partition coefficient (Wildman–Crippen LogP) is 3.07. The third-order valence-electron chi connectivity index (χ3n) is 2.39. The number of hydrogen-bond acceptors (Lipinski definition) is 4. The molecule has 8 nitrogen and oxygen atoms in total. The Labute approximate surface area is 119 Å². The number of halogens is 1. The molecule has 1 N–H and O–H groups in total. The van der Waals surface area contributed by atoms with Gasteiger partial charge in [0.1, 0.15) is 0 Å². The molecule has 0 aliphatic carbocycles. The minimum absolute atomic E-state index is 0.132. The molecule has 0 unspecified atom stereocenters. The first-order valence-electron chi connectivity index (χ1n) is 5.78. The Morgan fingerprint density at radius 3 is 2.85 bits per heavy atom. The molecule has 106 valence electrons. The summed E-state index contributed by atoms with van der Waals surface area (Å²) in [6, 6.07) is 3.71. The van der Waals surface area contributed by atoms with Crippen LogP contribution < -0.4 is 5.32 Å². The molecule has 0 bridgehead atoms. The van der Waals surface area contributed by atoms with E-state index in [-0.39, 0.29) is 16.3 Å². The summed E-state index contributed by atoms with van der Waals surface area (Å²) in [4.78, 5) is 24.5. The SMILES string of the molecule is [N-]=[N+]=NCCCCNC(=O)c1cc(Cl)cc([N+](=O)[O-])c1. The van der Waals surface area contributed by atoms with Crippen LogP contribution in [0.25, 0.3) is 10.4 Å². The third kappa shape index (κ3) is 5.13. The van der Waals surface area contributed by atoms with Gasteiger partial charge in [-0.1, -0.05) is 16.7 Å². The summed E-state index contributed by atoms with van der Waals surface area (Å²) in [6.07, 6.45) is 1.30. The monoisotopic (exact) mass is 297 g/mol. The Bertz CT molecular complexity index is 557. The van der Waals surface area contributed by atoms with E-state index in [0.717, 1.165) is 0 Å². The number of azide groups is 1. The van der Waals surface area contributed by atoms with E-state index in [1.165, 1.54) is 18.2 Å². The van der Waals surface area contributed by atoms with Crippen LogP contribution in [0.5, 0.6) is 0 Å². The molecule has 1 aromatic rings. The highest BCUT2D eigenvalue weighted by atomic mass is 35.5. The maximum atomic E-state index is 11.8. The van der Waals surface area contributed by atoms with Gasteiger partial charge in [-0.2, -0.15) is 0 Å². The molecule has 1 rings (SSSR count). The first kappa shape index (κ1) is 15.7. The Balaban J connectivity index is 2.55. The van der Waals surface area contributed by atoms with Crippen LogP contribution in [0.4, 0.5) is 5.69 Å². The molecule has 0 aromatic heterocycles. The number of hydrogen-bond donors (Lipinski definition) is 1. The van der Waals surface area contributed by atoms with E-state index in [0.29, 0.717) is 25.9 Å². The Morgan fingerprint density at radius 2 is 2.20 bits per heavy atom. The summed E-state index contributed by atoms with van der Waals surface area (Å²) in [5.41, 5.74) is 7.99. The van der Waals surface area contributed by atoms with Crippen molar-refractivity contribution in [1.29, 1.82) is 0 Å². The number of nitro groups is 1. The molecular formula is C11H12ClN5O3.